The van der Waals surface area contributed by atoms with Gasteiger partial charge < -0.3 is 10.1 Å². The zero-order valence-electron chi connectivity index (χ0n) is 24.2. The average molecular weight is 585 g/mol. The van der Waals surface area contributed by atoms with Gasteiger partial charge in [-0.25, -0.2) is 9.67 Å². The Balaban J connectivity index is 1.11. The molecule has 1 fully saturated rings. The fourth-order valence-electron chi connectivity index (χ4n) is 5.52. The van der Waals surface area contributed by atoms with E-state index < -0.39 is 0 Å². The van der Waals surface area contributed by atoms with E-state index >= 15 is 0 Å². The molecule has 43 heavy (non-hydrogen) atoms. The number of nitrogens with zero attached hydrogens (tertiary/aromatic N) is 3. The minimum atomic E-state index is -0.107. The van der Waals surface area contributed by atoms with E-state index in [1.54, 1.807) is 11.3 Å². The Hall–Kier alpha value is -4.75. The van der Waals surface area contributed by atoms with Gasteiger partial charge in [0, 0.05) is 40.4 Å². The molecule has 1 aliphatic carbocycles. The molecule has 7 rings (SSSR count). The Morgan fingerprint density at radius 1 is 0.977 bits per heavy atom. The van der Waals surface area contributed by atoms with Gasteiger partial charge in [-0.3, -0.25) is 4.79 Å². The first-order valence-electron chi connectivity index (χ1n) is 14.7. The van der Waals surface area contributed by atoms with Crippen molar-refractivity contribution in [2.75, 3.05) is 11.9 Å². The van der Waals surface area contributed by atoms with Crippen molar-refractivity contribution in [2.45, 2.75) is 32.6 Å². The first kappa shape index (κ1) is 27.1. The molecule has 1 N–H and O–H groups in total. The van der Waals surface area contributed by atoms with Crippen molar-refractivity contribution in [3.63, 3.8) is 0 Å². The molecule has 2 atom stereocenters. The summed E-state index contributed by atoms with van der Waals surface area (Å²) in [6.07, 6.45) is 3.84. The number of anilines is 1. The highest BCUT2D eigenvalue weighted by Crippen LogP contribution is 2.51. The summed E-state index contributed by atoms with van der Waals surface area (Å²) in [5.41, 5.74) is 7.94. The van der Waals surface area contributed by atoms with Crippen LogP contribution in [0.15, 0.2) is 103 Å². The summed E-state index contributed by atoms with van der Waals surface area (Å²) in [7, 11) is 0. The fourth-order valence-corrected chi connectivity index (χ4v) is 6.49. The maximum absolute atomic E-state index is 13.4. The lowest BCUT2D eigenvalue weighted by molar-refractivity contribution is -0.117. The van der Waals surface area contributed by atoms with Crippen LogP contribution in [0.2, 0.25) is 0 Å². The molecule has 0 aliphatic heterocycles. The number of carbonyl (C=O) groups excluding carboxylic acids is 1. The number of rotatable bonds is 9. The first-order chi connectivity index (χ1) is 21.1. The summed E-state index contributed by atoms with van der Waals surface area (Å²) in [4.78, 5) is 18.1. The maximum Gasteiger partial charge on any atom is 0.228 e. The predicted octanol–water partition coefficient (Wildman–Crippen LogP) is 8.66. The number of aromatic nitrogens is 3. The topological polar surface area (TPSA) is 69.0 Å². The third kappa shape index (κ3) is 5.56. The minimum absolute atomic E-state index is 0.0376. The second kappa shape index (κ2) is 11.5. The third-order valence-corrected chi connectivity index (χ3v) is 8.98. The number of ether oxygens (including phenoxy) is 1. The van der Waals surface area contributed by atoms with Crippen LogP contribution >= 0.6 is 11.3 Å². The highest BCUT2D eigenvalue weighted by Gasteiger charge is 2.46. The lowest BCUT2D eigenvalue weighted by Crippen LogP contribution is -2.14. The second-order valence-corrected chi connectivity index (χ2v) is 12.1. The summed E-state index contributed by atoms with van der Waals surface area (Å²) in [5, 5.41) is 9.14. The van der Waals surface area contributed by atoms with E-state index in [4.69, 9.17) is 14.8 Å². The molecule has 0 bridgehead atoms. The highest BCUT2D eigenvalue weighted by molar-refractivity contribution is 7.21. The highest BCUT2D eigenvalue weighted by atomic mass is 32.1. The van der Waals surface area contributed by atoms with Crippen LogP contribution in [0, 0.1) is 12.8 Å². The number of hydrogen-bond acceptors (Lipinski definition) is 5. The van der Waals surface area contributed by atoms with E-state index in [1.807, 2.05) is 83.5 Å². The number of benzene rings is 4. The number of amides is 1. The van der Waals surface area contributed by atoms with Gasteiger partial charge in [0.2, 0.25) is 5.91 Å². The Kier molecular flexibility index (Phi) is 7.25. The van der Waals surface area contributed by atoms with Crippen LogP contribution < -0.4 is 10.1 Å². The second-order valence-electron chi connectivity index (χ2n) is 11.0. The number of carbonyl (C=O) groups is 1. The van der Waals surface area contributed by atoms with Crippen LogP contribution in [0.5, 0.6) is 5.75 Å². The number of thiazole rings is 1. The van der Waals surface area contributed by atoms with E-state index in [0.717, 1.165) is 68.4 Å². The van der Waals surface area contributed by atoms with Crippen molar-refractivity contribution < 1.29 is 9.53 Å². The standard InChI is InChI=1S/C36H32N4O2S/c1-3-19-42-32-18-15-25(20-23(32)2)34-30(22-40(39-34)27-9-5-4-6-10-27)28-21-29(28)35(41)37-26-16-13-24(14-17-26)36-38-31-11-7-8-12-33(31)43-36/h4-18,20,22,28-29H,3,19,21H2,1-2H3,(H,37,41). The van der Waals surface area contributed by atoms with Crippen molar-refractivity contribution in [3.05, 3.63) is 114 Å². The van der Waals surface area contributed by atoms with Gasteiger partial charge in [-0.2, -0.15) is 5.10 Å². The van der Waals surface area contributed by atoms with Crippen LogP contribution in [0.25, 0.3) is 37.7 Å². The molecule has 4 aromatic carbocycles. The van der Waals surface area contributed by atoms with Gasteiger partial charge in [-0.15, -0.1) is 11.3 Å². The molecule has 214 valence electrons. The molecule has 6 nitrogen and oxygen atoms in total. The zero-order valence-corrected chi connectivity index (χ0v) is 25.0. The number of hydrogen-bond donors (Lipinski definition) is 1. The fraction of sp³-hybridized carbons (Fsp3) is 0.194. The van der Waals surface area contributed by atoms with Crippen LogP contribution in [-0.2, 0) is 4.79 Å². The van der Waals surface area contributed by atoms with Crippen LogP contribution in [0.3, 0.4) is 0 Å². The van der Waals surface area contributed by atoms with Gasteiger partial charge in [0.1, 0.15) is 10.8 Å². The quantitative estimate of drug-likeness (QED) is 0.185. The molecule has 1 amide bonds. The molecular formula is C36H32N4O2S. The first-order valence-corrected chi connectivity index (χ1v) is 15.5. The van der Waals surface area contributed by atoms with Crippen molar-refractivity contribution >= 4 is 33.1 Å². The van der Waals surface area contributed by atoms with Crippen molar-refractivity contribution in [1.82, 2.24) is 14.8 Å². The molecule has 0 spiro atoms. The van der Waals surface area contributed by atoms with Crippen LogP contribution in [0.4, 0.5) is 5.69 Å². The number of nitrogens with one attached hydrogen (secondary N) is 1. The largest absolute Gasteiger partial charge is 0.493 e. The summed E-state index contributed by atoms with van der Waals surface area (Å²) in [6, 6.07) is 32.5. The zero-order chi connectivity index (χ0) is 29.3. The molecule has 1 saturated carbocycles. The summed E-state index contributed by atoms with van der Waals surface area (Å²) >= 11 is 1.67. The molecule has 6 aromatic rings. The Bertz CT molecular complexity index is 1880. The van der Waals surface area contributed by atoms with Crippen molar-refractivity contribution in [1.29, 1.82) is 0 Å². The summed E-state index contributed by atoms with van der Waals surface area (Å²) < 4.78 is 9.00. The summed E-state index contributed by atoms with van der Waals surface area (Å²) in [6.45, 7) is 4.86. The van der Waals surface area contributed by atoms with E-state index in [0.29, 0.717) is 6.61 Å². The van der Waals surface area contributed by atoms with E-state index in [-0.39, 0.29) is 17.7 Å². The molecule has 2 unspecified atom stereocenters. The van der Waals surface area contributed by atoms with Gasteiger partial charge in [-0.05, 0) is 92.1 Å². The van der Waals surface area contributed by atoms with Gasteiger partial charge in [0.25, 0.3) is 0 Å². The van der Waals surface area contributed by atoms with Gasteiger partial charge >= 0.3 is 0 Å². The van der Waals surface area contributed by atoms with Crippen LogP contribution in [-0.4, -0.2) is 27.3 Å². The van der Waals surface area contributed by atoms with E-state index in [9.17, 15) is 4.79 Å². The Labute approximate surface area is 255 Å². The lowest BCUT2D eigenvalue weighted by atomic mass is 10.0. The summed E-state index contributed by atoms with van der Waals surface area (Å²) in [5.74, 6) is 0.929. The Morgan fingerprint density at radius 2 is 1.74 bits per heavy atom. The normalized spacial score (nSPS) is 15.9. The number of para-hydroxylation sites is 2. The Morgan fingerprint density at radius 3 is 2.51 bits per heavy atom. The van der Waals surface area contributed by atoms with Crippen LogP contribution in [0.1, 0.15) is 36.8 Å². The monoisotopic (exact) mass is 584 g/mol. The maximum atomic E-state index is 13.4. The molecule has 7 heteroatoms. The van der Waals surface area contributed by atoms with Crippen molar-refractivity contribution in [2.24, 2.45) is 5.92 Å². The smallest absolute Gasteiger partial charge is 0.228 e. The molecule has 0 saturated heterocycles. The van der Waals surface area contributed by atoms with Gasteiger partial charge in [0.05, 0.1) is 28.2 Å². The van der Waals surface area contributed by atoms with Gasteiger partial charge in [-0.1, -0.05) is 37.3 Å². The number of aryl methyl sites for hydroxylation is 1. The predicted molar refractivity (Wildman–Crippen MR) is 174 cm³/mol. The molecule has 1 aliphatic rings. The molecular weight excluding hydrogens is 552 g/mol. The molecule has 0 radical (unpaired) electrons. The molecule has 2 aromatic heterocycles. The average Bonchev–Trinajstić information content (AvgIpc) is 3.51. The SMILES string of the molecule is CCCOc1ccc(-c2nn(-c3ccccc3)cc2C2CC2C(=O)Nc2ccc(-c3nc4ccccc4s3)cc2)cc1C. The minimum Gasteiger partial charge on any atom is -0.493 e. The van der Waals surface area contributed by atoms with Gasteiger partial charge in [0.15, 0.2) is 0 Å². The van der Waals surface area contributed by atoms with E-state index in [1.165, 1.54) is 4.70 Å². The number of fused-ring (bicyclic) bond motifs is 1. The lowest BCUT2D eigenvalue weighted by Gasteiger charge is -2.10. The van der Waals surface area contributed by atoms with Crippen molar-refractivity contribution in [3.8, 4) is 33.3 Å². The third-order valence-electron chi connectivity index (χ3n) is 7.89. The van der Waals surface area contributed by atoms with E-state index in [2.05, 4.69) is 43.6 Å². The molecule has 2 heterocycles.